The van der Waals surface area contributed by atoms with Gasteiger partial charge >= 0.3 is 0 Å². The van der Waals surface area contributed by atoms with Gasteiger partial charge in [-0.15, -0.1) is 0 Å². The number of amides is 1. The second-order valence-electron chi connectivity index (χ2n) is 8.11. The second-order valence-corrected chi connectivity index (χ2v) is 8.96. The van der Waals surface area contributed by atoms with Gasteiger partial charge in [0.05, 0.1) is 23.8 Å². The van der Waals surface area contributed by atoms with E-state index in [1.165, 1.54) is 0 Å². The molecular weight excluding hydrogens is 457 g/mol. The largest absolute Gasteiger partial charge is 0.307 e. The molecule has 33 heavy (non-hydrogen) atoms. The molecule has 2 aromatic carbocycles. The summed E-state index contributed by atoms with van der Waals surface area (Å²) in [5, 5.41) is 9.46. The fourth-order valence-corrected chi connectivity index (χ4v) is 4.80. The van der Waals surface area contributed by atoms with Crippen LogP contribution in [-0.2, 0) is 19.5 Å². The zero-order valence-electron chi connectivity index (χ0n) is 18.2. The first kappa shape index (κ1) is 21.9. The zero-order chi connectivity index (χ0) is 22.9. The van der Waals surface area contributed by atoms with Gasteiger partial charge in [-0.3, -0.25) is 14.7 Å². The number of anilines is 1. The Labute approximate surface area is 202 Å². The zero-order valence-corrected chi connectivity index (χ0v) is 19.7. The van der Waals surface area contributed by atoms with E-state index in [0.29, 0.717) is 34.5 Å². The van der Waals surface area contributed by atoms with Crippen LogP contribution in [0.25, 0.3) is 10.9 Å². The van der Waals surface area contributed by atoms with Crippen molar-refractivity contribution in [3.8, 4) is 0 Å². The van der Waals surface area contributed by atoms with Gasteiger partial charge in [0.15, 0.2) is 0 Å². The molecule has 0 spiro atoms. The lowest BCUT2D eigenvalue weighted by molar-refractivity contribution is 0.102. The number of hydrogen-bond acceptors (Lipinski definition) is 4. The van der Waals surface area contributed by atoms with Crippen molar-refractivity contribution in [2.24, 2.45) is 0 Å². The molecule has 0 radical (unpaired) electrons. The SMILES string of the molecule is CCN1CCc2nc3ccccc3c(C(=O)Nc3ccnn3Cc3ccc(Cl)cc3Cl)c2C1. The summed E-state index contributed by atoms with van der Waals surface area (Å²) in [5.74, 6) is 0.440. The van der Waals surface area contributed by atoms with Crippen molar-refractivity contribution in [2.75, 3.05) is 18.4 Å². The summed E-state index contributed by atoms with van der Waals surface area (Å²) in [7, 11) is 0. The number of likely N-dealkylation sites (N-methyl/N-ethyl adjacent to an activating group) is 1. The number of nitrogens with zero attached hydrogens (tertiary/aromatic N) is 4. The van der Waals surface area contributed by atoms with Gasteiger partial charge in [-0.25, -0.2) is 4.68 Å². The second kappa shape index (κ2) is 9.14. The van der Waals surface area contributed by atoms with Gasteiger partial charge in [0, 0.05) is 52.3 Å². The number of nitrogens with one attached hydrogen (secondary N) is 1. The van der Waals surface area contributed by atoms with Gasteiger partial charge in [-0.2, -0.15) is 5.10 Å². The van der Waals surface area contributed by atoms with Crippen LogP contribution in [0.1, 0.15) is 34.1 Å². The number of fused-ring (bicyclic) bond motifs is 2. The maximum Gasteiger partial charge on any atom is 0.257 e. The van der Waals surface area contributed by atoms with Gasteiger partial charge in [0.25, 0.3) is 5.91 Å². The third-order valence-corrected chi connectivity index (χ3v) is 6.68. The molecule has 1 amide bonds. The van der Waals surface area contributed by atoms with Crippen LogP contribution in [-0.4, -0.2) is 38.7 Å². The highest BCUT2D eigenvalue weighted by Crippen LogP contribution is 2.29. The average molecular weight is 480 g/mol. The van der Waals surface area contributed by atoms with Crippen LogP contribution in [0, 0.1) is 0 Å². The summed E-state index contributed by atoms with van der Waals surface area (Å²) in [5.41, 5.74) is 4.40. The number of rotatable bonds is 5. The first-order valence-electron chi connectivity index (χ1n) is 10.9. The number of aromatic nitrogens is 3. The fraction of sp³-hybridized carbons (Fsp3) is 0.240. The first-order chi connectivity index (χ1) is 16.0. The quantitative estimate of drug-likeness (QED) is 0.415. The fourth-order valence-electron chi connectivity index (χ4n) is 4.33. The number of carbonyl (C=O) groups excluding carboxylic acids is 1. The monoisotopic (exact) mass is 479 g/mol. The summed E-state index contributed by atoms with van der Waals surface area (Å²) in [4.78, 5) is 20.9. The van der Waals surface area contributed by atoms with Gasteiger partial charge in [-0.05, 0) is 30.3 Å². The molecule has 0 atom stereocenters. The third kappa shape index (κ3) is 4.34. The van der Waals surface area contributed by atoms with Crippen molar-refractivity contribution in [3.63, 3.8) is 0 Å². The molecule has 1 N–H and O–H groups in total. The maximum absolute atomic E-state index is 13.7. The Morgan fingerprint density at radius 3 is 2.82 bits per heavy atom. The Balaban J connectivity index is 1.50. The van der Waals surface area contributed by atoms with Gasteiger partial charge in [0.1, 0.15) is 5.82 Å². The molecule has 0 bridgehead atoms. The van der Waals surface area contributed by atoms with Crippen LogP contribution < -0.4 is 5.32 Å². The van der Waals surface area contributed by atoms with E-state index in [4.69, 9.17) is 28.2 Å². The van der Waals surface area contributed by atoms with E-state index in [9.17, 15) is 4.79 Å². The molecule has 3 heterocycles. The molecule has 1 aliphatic heterocycles. The predicted molar refractivity (Wildman–Crippen MR) is 132 cm³/mol. The van der Waals surface area contributed by atoms with Crippen molar-refractivity contribution < 1.29 is 4.79 Å². The van der Waals surface area contributed by atoms with E-state index in [0.717, 1.165) is 47.2 Å². The molecule has 168 valence electrons. The first-order valence-corrected chi connectivity index (χ1v) is 11.7. The standard InChI is InChI=1S/C25H23Cl2N5O/c1-2-31-12-10-22-19(15-31)24(18-5-3-4-6-21(18)29-22)25(33)30-23-9-11-28-32(23)14-16-7-8-17(26)13-20(16)27/h3-9,11,13H,2,10,12,14-15H2,1H3,(H,30,33). The lowest BCUT2D eigenvalue weighted by Gasteiger charge is -2.29. The van der Waals surface area contributed by atoms with Crippen molar-refractivity contribution in [1.29, 1.82) is 0 Å². The van der Waals surface area contributed by atoms with Crippen molar-refractivity contribution in [3.05, 3.63) is 87.2 Å². The highest BCUT2D eigenvalue weighted by Gasteiger charge is 2.25. The summed E-state index contributed by atoms with van der Waals surface area (Å²) < 4.78 is 1.72. The van der Waals surface area contributed by atoms with Crippen LogP contribution in [0.4, 0.5) is 5.82 Å². The van der Waals surface area contributed by atoms with Gasteiger partial charge < -0.3 is 5.32 Å². The molecule has 0 aliphatic carbocycles. The molecule has 0 unspecified atom stereocenters. The summed E-state index contributed by atoms with van der Waals surface area (Å²) in [6.45, 7) is 5.15. The Hall–Kier alpha value is -2.93. The normalized spacial score (nSPS) is 13.8. The molecule has 0 fully saturated rings. The highest BCUT2D eigenvalue weighted by atomic mass is 35.5. The summed E-state index contributed by atoms with van der Waals surface area (Å²) >= 11 is 12.4. The number of benzene rings is 2. The summed E-state index contributed by atoms with van der Waals surface area (Å²) in [6, 6.07) is 15.0. The molecule has 1 aliphatic rings. The molecule has 6 nitrogen and oxygen atoms in total. The molecule has 4 aromatic rings. The molecule has 0 saturated heterocycles. The highest BCUT2D eigenvalue weighted by molar-refractivity contribution is 6.35. The lowest BCUT2D eigenvalue weighted by Crippen LogP contribution is -2.33. The predicted octanol–water partition coefficient (Wildman–Crippen LogP) is 5.42. The van der Waals surface area contributed by atoms with Crippen molar-refractivity contribution >= 4 is 45.8 Å². The Kier molecular flexibility index (Phi) is 6.06. The van der Waals surface area contributed by atoms with E-state index in [2.05, 4.69) is 22.2 Å². The molecular formula is C25H23Cl2N5O. The van der Waals surface area contributed by atoms with Gasteiger partial charge in [0.2, 0.25) is 0 Å². The molecule has 0 saturated carbocycles. The third-order valence-electron chi connectivity index (χ3n) is 6.09. The van der Waals surface area contributed by atoms with Crippen LogP contribution in [0.15, 0.2) is 54.7 Å². The Morgan fingerprint density at radius 1 is 1.15 bits per heavy atom. The van der Waals surface area contributed by atoms with E-state index >= 15 is 0 Å². The van der Waals surface area contributed by atoms with Crippen LogP contribution >= 0.6 is 23.2 Å². The molecule has 8 heteroatoms. The molecule has 2 aromatic heterocycles. The van der Waals surface area contributed by atoms with Crippen LogP contribution in [0.2, 0.25) is 10.0 Å². The number of hydrogen-bond donors (Lipinski definition) is 1. The van der Waals surface area contributed by atoms with Crippen LogP contribution in [0.3, 0.4) is 0 Å². The number of carbonyl (C=O) groups is 1. The maximum atomic E-state index is 13.7. The number of para-hydroxylation sites is 1. The van der Waals surface area contributed by atoms with Crippen molar-refractivity contribution in [2.45, 2.75) is 26.4 Å². The topological polar surface area (TPSA) is 63.1 Å². The van der Waals surface area contributed by atoms with Gasteiger partial charge in [-0.1, -0.05) is 54.4 Å². The summed E-state index contributed by atoms with van der Waals surface area (Å²) in [6.07, 6.45) is 2.50. The Bertz CT molecular complexity index is 1350. The van der Waals surface area contributed by atoms with E-state index < -0.39 is 0 Å². The molecule has 5 rings (SSSR count). The number of pyridine rings is 1. The minimum atomic E-state index is -0.160. The Morgan fingerprint density at radius 2 is 2.00 bits per heavy atom. The lowest BCUT2D eigenvalue weighted by atomic mass is 9.95. The van der Waals surface area contributed by atoms with E-state index in [1.54, 1.807) is 29.1 Å². The minimum Gasteiger partial charge on any atom is -0.307 e. The van der Waals surface area contributed by atoms with E-state index in [-0.39, 0.29) is 5.91 Å². The average Bonchev–Trinajstić information content (AvgIpc) is 3.25. The van der Waals surface area contributed by atoms with Crippen molar-refractivity contribution in [1.82, 2.24) is 19.7 Å². The van der Waals surface area contributed by atoms with E-state index in [1.807, 2.05) is 30.3 Å². The number of halogens is 2. The minimum absolute atomic E-state index is 0.160. The van der Waals surface area contributed by atoms with Crippen LogP contribution in [0.5, 0.6) is 0 Å². The smallest absolute Gasteiger partial charge is 0.257 e.